The third kappa shape index (κ3) is 2.90. The van der Waals surface area contributed by atoms with E-state index in [0.29, 0.717) is 24.6 Å². The molecule has 1 aliphatic rings. The quantitative estimate of drug-likeness (QED) is 0.907. The second-order valence-electron chi connectivity index (χ2n) is 5.05. The molecule has 1 aromatic carbocycles. The molecule has 0 aliphatic carbocycles. The van der Waals surface area contributed by atoms with Crippen LogP contribution in [-0.4, -0.2) is 29.9 Å². The minimum absolute atomic E-state index is 0.0300. The maximum atomic E-state index is 13.0. The van der Waals surface area contributed by atoms with Crippen molar-refractivity contribution in [3.8, 4) is 0 Å². The molecule has 0 radical (unpaired) electrons. The zero-order chi connectivity index (χ0) is 14.0. The molecule has 104 valence electrons. The number of nitrogens with zero attached hydrogens (tertiary/aromatic N) is 1. The monoisotopic (exact) mass is 284 g/mol. The average molecular weight is 285 g/mol. The summed E-state index contributed by atoms with van der Waals surface area (Å²) in [6.07, 6.45) is 2.03. The van der Waals surface area contributed by atoms with Gasteiger partial charge in [0.05, 0.1) is 10.6 Å². The predicted octanol–water partition coefficient (Wildman–Crippen LogP) is 2.68. The number of hydrogen-bond donors (Lipinski definition) is 1. The zero-order valence-electron chi connectivity index (χ0n) is 10.9. The van der Waals surface area contributed by atoms with Crippen LogP contribution in [0.3, 0.4) is 0 Å². The second kappa shape index (κ2) is 5.88. The fourth-order valence-electron chi connectivity index (χ4n) is 2.68. The number of likely N-dealkylation sites (tertiary alicyclic amines) is 1. The van der Waals surface area contributed by atoms with E-state index in [1.165, 1.54) is 18.2 Å². The van der Waals surface area contributed by atoms with Crippen LogP contribution in [0.1, 0.15) is 30.1 Å². The van der Waals surface area contributed by atoms with Gasteiger partial charge in [0, 0.05) is 19.1 Å². The van der Waals surface area contributed by atoms with Crippen LogP contribution < -0.4 is 5.73 Å². The largest absolute Gasteiger partial charge is 0.334 e. The van der Waals surface area contributed by atoms with Gasteiger partial charge in [0.15, 0.2) is 0 Å². The Bertz CT molecular complexity index is 481. The summed E-state index contributed by atoms with van der Waals surface area (Å²) in [5.74, 6) is -0.224. The molecule has 1 amide bonds. The smallest absolute Gasteiger partial charge is 0.255 e. The summed E-state index contributed by atoms with van der Waals surface area (Å²) in [7, 11) is 0. The molecule has 19 heavy (non-hydrogen) atoms. The summed E-state index contributed by atoms with van der Waals surface area (Å²) in [4.78, 5) is 14.3. The lowest BCUT2D eigenvalue weighted by atomic mass is 9.90. The normalized spacial score (nSPS) is 23.5. The van der Waals surface area contributed by atoms with E-state index in [2.05, 4.69) is 6.92 Å². The highest BCUT2D eigenvalue weighted by atomic mass is 35.5. The number of halogens is 2. The van der Waals surface area contributed by atoms with E-state index in [9.17, 15) is 9.18 Å². The number of benzene rings is 1. The van der Waals surface area contributed by atoms with Gasteiger partial charge in [0.25, 0.3) is 5.91 Å². The molecule has 0 unspecified atom stereocenters. The van der Waals surface area contributed by atoms with Crippen LogP contribution >= 0.6 is 11.6 Å². The van der Waals surface area contributed by atoms with Crippen molar-refractivity contribution in [1.82, 2.24) is 4.90 Å². The highest BCUT2D eigenvalue weighted by Gasteiger charge is 2.32. The lowest BCUT2D eigenvalue weighted by Gasteiger charge is -2.39. The van der Waals surface area contributed by atoms with E-state index in [0.717, 1.165) is 12.8 Å². The Morgan fingerprint density at radius 2 is 2.32 bits per heavy atom. The van der Waals surface area contributed by atoms with Gasteiger partial charge in [0.1, 0.15) is 5.82 Å². The third-order valence-corrected chi connectivity index (χ3v) is 4.09. The van der Waals surface area contributed by atoms with Gasteiger partial charge >= 0.3 is 0 Å². The number of carbonyl (C=O) groups excluding carboxylic acids is 1. The first-order chi connectivity index (χ1) is 9.04. The Labute approximate surface area is 117 Å². The molecular formula is C14H18ClFN2O. The summed E-state index contributed by atoms with van der Waals surface area (Å²) in [5, 5.41) is 0.152. The molecule has 1 heterocycles. The number of carbonyl (C=O) groups is 1. The number of piperidine rings is 1. The molecule has 0 spiro atoms. The van der Waals surface area contributed by atoms with Crippen molar-refractivity contribution in [3.63, 3.8) is 0 Å². The van der Waals surface area contributed by atoms with Crippen LogP contribution in [0.25, 0.3) is 0 Å². The van der Waals surface area contributed by atoms with E-state index in [4.69, 9.17) is 17.3 Å². The number of nitrogens with two attached hydrogens (primary N) is 1. The minimum atomic E-state index is -0.441. The van der Waals surface area contributed by atoms with Crippen molar-refractivity contribution in [2.24, 2.45) is 11.7 Å². The van der Waals surface area contributed by atoms with Gasteiger partial charge in [-0.15, -0.1) is 0 Å². The van der Waals surface area contributed by atoms with Crippen molar-refractivity contribution in [2.45, 2.75) is 25.8 Å². The average Bonchev–Trinajstić information content (AvgIpc) is 2.37. The lowest BCUT2D eigenvalue weighted by molar-refractivity contribution is 0.0532. The summed E-state index contributed by atoms with van der Waals surface area (Å²) in [5.41, 5.74) is 6.12. The van der Waals surface area contributed by atoms with E-state index in [-0.39, 0.29) is 17.0 Å². The third-order valence-electron chi connectivity index (χ3n) is 3.78. The van der Waals surface area contributed by atoms with E-state index < -0.39 is 5.82 Å². The van der Waals surface area contributed by atoms with Crippen molar-refractivity contribution in [2.75, 3.05) is 13.1 Å². The minimum Gasteiger partial charge on any atom is -0.334 e. The van der Waals surface area contributed by atoms with Crippen LogP contribution in [0.4, 0.5) is 4.39 Å². The molecular weight excluding hydrogens is 267 g/mol. The van der Waals surface area contributed by atoms with Gasteiger partial charge in [-0.05, 0) is 37.0 Å². The maximum absolute atomic E-state index is 13.0. The molecule has 1 aromatic rings. The van der Waals surface area contributed by atoms with Crippen LogP contribution in [0, 0.1) is 11.7 Å². The number of rotatable bonds is 2. The molecule has 2 N–H and O–H groups in total. The highest BCUT2D eigenvalue weighted by Crippen LogP contribution is 2.26. The summed E-state index contributed by atoms with van der Waals surface area (Å²) in [6.45, 7) is 3.22. The highest BCUT2D eigenvalue weighted by molar-refractivity contribution is 6.33. The van der Waals surface area contributed by atoms with Crippen LogP contribution in [0.5, 0.6) is 0 Å². The Morgan fingerprint density at radius 3 is 2.95 bits per heavy atom. The standard InChI is InChI=1S/C14H18ClFN2O/c1-9-3-2-6-18(13(9)8-17)14(19)11-5-4-10(16)7-12(11)15/h4-5,7,9,13H,2-3,6,8,17H2,1H3/t9-,13+/m0/s1. The Kier molecular flexibility index (Phi) is 4.42. The Balaban J connectivity index is 2.27. The molecule has 1 saturated heterocycles. The molecule has 1 aliphatic heterocycles. The van der Waals surface area contributed by atoms with E-state index in [1.807, 2.05) is 0 Å². The lowest BCUT2D eigenvalue weighted by Crippen LogP contribution is -2.51. The number of amides is 1. The van der Waals surface area contributed by atoms with Crippen LogP contribution in [-0.2, 0) is 0 Å². The van der Waals surface area contributed by atoms with E-state index in [1.54, 1.807) is 4.90 Å². The van der Waals surface area contributed by atoms with Gasteiger partial charge in [-0.1, -0.05) is 18.5 Å². The van der Waals surface area contributed by atoms with Gasteiger partial charge in [-0.3, -0.25) is 4.79 Å². The predicted molar refractivity (Wildman–Crippen MR) is 73.7 cm³/mol. The van der Waals surface area contributed by atoms with Gasteiger partial charge in [0.2, 0.25) is 0 Å². The molecule has 3 nitrogen and oxygen atoms in total. The van der Waals surface area contributed by atoms with Crippen molar-refractivity contribution < 1.29 is 9.18 Å². The summed E-state index contributed by atoms with van der Waals surface area (Å²) in [6, 6.07) is 3.89. The van der Waals surface area contributed by atoms with Crippen molar-refractivity contribution in [1.29, 1.82) is 0 Å². The van der Waals surface area contributed by atoms with Gasteiger partial charge in [-0.25, -0.2) is 4.39 Å². The fourth-order valence-corrected chi connectivity index (χ4v) is 2.93. The molecule has 0 aromatic heterocycles. The van der Waals surface area contributed by atoms with Crippen molar-refractivity contribution >= 4 is 17.5 Å². The maximum Gasteiger partial charge on any atom is 0.255 e. The first-order valence-corrected chi connectivity index (χ1v) is 6.88. The molecule has 0 saturated carbocycles. The summed E-state index contributed by atoms with van der Waals surface area (Å²) < 4.78 is 13.0. The van der Waals surface area contributed by atoms with Crippen LogP contribution in [0.2, 0.25) is 5.02 Å². The Morgan fingerprint density at radius 1 is 1.58 bits per heavy atom. The van der Waals surface area contributed by atoms with Gasteiger partial charge < -0.3 is 10.6 Å². The number of hydrogen-bond acceptors (Lipinski definition) is 2. The first kappa shape index (κ1) is 14.3. The molecule has 5 heteroatoms. The topological polar surface area (TPSA) is 46.3 Å². The first-order valence-electron chi connectivity index (χ1n) is 6.50. The van der Waals surface area contributed by atoms with Crippen molar-refractivity contribution in [3.05, 3.63) is 34.6 Å². The second-order valence-corrected chi connectivity index (χ2v) is 5.45. The van der Waals surface area contributed by atoms with Crippen LogP contribution in [0.15, 0.2) is 18.2 Å². The SMILES string of the molecule is C[C@H]1CCCN(C(=O)c2ccc(F)cc2Cl)[C@@H]1CN. The molecule has 1 fully saturated rings. The molecule has 2 atom stereocenters. The molecule has 0 bridgehead atoms. The van der Waals surface area contributed by atoms with E-state index >= 15 is 0 Å². The summed E-state index contributed by atoms with van der Waals surface area (Å²) >= 11 is 5.95. The Hall–Kier alpha value is -1.13. The molecule has 2 rings (SSSR count). The fraction of sp³-hybridized carbons (Fsp3) is 0.500. The zero-order valence-corrected chi connectivity index (χ0v) is 11.7. The van der Waals surface area contributed by atoms with Gasteiger partial charge in [-0.2, -0.15) is 0 Å².